The van der Waals surface area contributed by atoms with Crippen molar-refractivity contribution >= 4 is 46.0 Å². The third-order valence-electron chi connectivity index (χ3n) is 8.47. The fourth-order valence-corrected chi connectivity index (χ4v) is 6.40. The fourth-order valence-electron chi connectivity index (χ4n) is 6.26. The monoisotopic (exact) mass is 694 g/mol. The van der Waals surface area contributed by atoms with Gasteiger partial charge in [0.15, 0.2) is 11.6 Å². The van der Waals surface area contributed by atoms with Crippen LogP contribution in [0.2, 0.25) is 5.02 Å². The highest BCUT2D eigenvalue weighted by atomic mass is 35.5. The first kappa shape index (κ1) is 33.1. The van der Waals surface area contributed by atoms with Crippen molar-refractivity contribution in [3.05, 3.63) is 62.7 Å². The Morgan fingerprint density at radius 2 is 1.88 bits per heavy atom. The lowest BCUT2D eigenvalue weighted by molar-refractivity contribution is -0.116. The molecule has 1 atom stereocenters. The molecule has 5 heterocycles. The second-order valence-electron chi connectivity index (χ2n) is 11.6. The molecule has 2 amide bonds. The van der Waals surface area contributed by atoms with Gasteiger partial charge in [-0.3, -0.25) is 23.9 Å². The molecule has 18 heteroatoms. The van der Waals surface area contributed by atoms with Gasteiger partial charge >= 0.3 is 0 Å². The minimum Gasteiger partial charge on any atom is -0.504 e. The Hall–Kier alpha value is -4.77. The number of aromatic hydroxyl groups is 1. The molecule has 1 saturated heterocycles. The minimum atomic E-state index is -2.51. The number of benzene rings is 1. The number of halogens is 6. The van der Waals surface area contributed by atoms with Crippen LogP contribution in [0.4, 0.5) is 33.5 Å². The van der Waals surface area contributed by atoms with Crippen molar-refractivity contribution in [1.29, 1.82) is 0 Å². The van der Waals surface area contributed by atoms with Crippen molar-refractivity contribution in [2.75, 3.05) is 36.4 Å². The summed E-state index contributed by atoms with van der Waals surface area (Å²) in [5, 5.41) is 11.8. The van der Waals surface area contributed by atoms with E-state index in [9.17, 15) is 37.1 Å². The number of rotatable bonds is 8. The van der Waals surface area contributed by atoms with Crippen molar-refractivity contribution in [2.24, 2.45) is 5.73 Å². The van der Waals surface area contributed by atoms with Gasteiger partial charge in [0.1, 0.15) is 28.9 Å². The second-order valence-corrected chi connectivity index (χ2v) is 12.0. The number of amides is 2. The molecule has 4 aromatic rings. The summed E-state index contributed by atoms with van der Waals surface area (Å²) < 4.78 is 73.2. The lowest BCUT2D eigenvalue weighted by Gasteiger charge is -2.40. The van der Waals surface area contributed by atoms with Crippen molar-refractivity contribution < 1.29 is 36.6 Å². The molecule has 6 rings (SSSR count). The number of hydrogen-bond acceptors (Lipinski definition) is 8. The molecule has 1 aromatic carbocycles. The number of phenols is 1. The molecular weight excluding hydrogens is 667 g/mol. The number of alkyl halides is 2. The number of aromatic nitrogens is 4. The zero-order chi connectivity index (χ0) is 34.6. The smallest absolute Gasteiger partial charge is 0.263 e. The van der Waals surface area contributed by atoms with Crippen LogP contribution < -0.4 is 21.5 Å². The number of aryl methyl sites for hydroxylation is 1. The van der Waals surface area contributed by atoms with Gasteiger partial charge < -0.3 is 25.6 Å². The summed E-state index contributed by atoms with van der Waals surface area (Å²) in [5.74, 6) is -7.22. The molecule has 0 bridgehead atoms. The number of nitrogens with one attached hydrogen (secondary N) is 1. The number of piperazine rings is 1. The molecule has 0 aliphatic carbocycles. The van der Waals surface area contributed by atoms with Crippen LogP contribution in [-0.2, 0) is 24.3 Å². The van der Waals surface area contributed by atoms with Gasteiger partial charge in [-0.05, 0) is 19.4 Å². The fraction of sp³-hybridized carbons (Fsp3) is 0.367. The SMILES string of the molecule is CC1CN(CC(F)F)CCN1c1cc(NC(=O)Cn2cc(-c3cc(C(N)=O)c(O)c(F)c3F)c3c(=O)n4c(nc32)CCC4)c(Cl)c(F)n1. The zero-order valence-electron chi connectivity index (χ0n) is 25.2. The van der Waals surface area contributed by atoms with E-state index in [-0.39, 0.29) is 53.8 Å². The highest BCUT2D eigenvalue weighted by Crippen LogP contribution is 2.37. The van der Waals surface area contributed by atoms with E-state index in [1.54, 1.807) is 16.7 Å². The predicted octanol–water partition coefficient (Wildman–Crippen LogP) is 3.50. The Morgan fingerprint density at radius 3 is 2.56 bits per heavy atom. The predicted molar refractivity (Wildman–Crippen MR) is 165 cm³/mol. The summed E-state index contributed by atoms with van der Waals surface area (Å²) in [7, 11) is 0. The van der Waals surface area contributed by atoms with Gasteiger partial charge in [0.05, 0.1) is 23.2 Å². The average molecular weight is 695 g/mol. The molecule has 254 valence electrons. The van der Waals surface area contributed by atoms with Gasteiger partial charge in [-0.25, -0.2) is 23.1 Å². The lowest BCUT2D eigenvalue weighted by Crippen LogP contribution is -2.53. The third-order valence-corrected chi connectivity index (χ3v) is 8.83. The van der Waals surface area contributed by atoms with Crippen LogP contribution in [0.15, 0.2) is 23.1 Å². The molecule has 48 heavy (non-hydrogen) atoms. The molecular formula is C30H28ClF5N8O4. The minimum absolute atomic E-state index is 0.0463. The van der Waals surface area contributed by atoms with Crippen molar-refractivity contribution in [3.8, 4) is 16.9 Å². The van der Waals surface area contributed by atoms with E-state index in [2.05, 4.69) is 15.3 Å². The maximum atomic E-state index is 15.3. The summed E-state index contributed by atoms with van der Waals surface area (Å²) >= 11 is 6.16. The van der Waals surface area contributed by atoms with Crippen LogP contribution in [0.1, 0.15) is 29.5 Å². The van der Waals surface area contributed by atoms with E-state index in [4.69, 9.17) is 17.3 Å². The largest absolute Gasteiger partial charge is 0.504 e. The molecule has 12 nitrogen and oxygen atoms in total. The Labute approximate surface area is 273 Å². The van der Waals surface area contributed by atoms with E-state index >= 15 is 4.39 Å². The van der Waals surface area contributed by atoms with Crippen LogP contribution in [0, 0.1) is 17.6 Å². The summed E-state index contributed by atoms with van der Waals surface area (Å²) in [5.41, 5.74) is 2.95. The topological polar surface area (TPSA) is 152 Å². The van der Waals surface area contributed by atoms with Crippen LogP contribution in [0.3, 0.4) is 0 Å². The number of carbonyl (C=O) groups is 2. The maximum Gasteiger partial charge on any atom is 0.263 e. The third kappa shape index (κ3) is 5.91. The second kappa shape index (κ2) is 12.7. The van der Waals surface area contributed by atoms with Crippen molar-refractivity contribution in [3.63, 3.8) is 0 Å². The molecule has 3 aromatic heterocycles. The van der Waals surface area contributed by atoms with Crippen LogP contribution >= 0.6 is 11.6 Å². The molecule has 4 N–H and O–H groups in total. The Balaban J connectivity index is 1.35. The zero-order valence-corrected chi connectivity index (χ0v) is 26.0. The first-order valence-corrected chi connectivity index (χ1v) is 15.2. The molecule has 2 aliphatic heterocycles. The summed E-state index contributed by atoms with van der Waals surface area (Å²) in [6, 6.07) is 1.83. The molecule has 0 spiro atoms. The Morgan fingerprint density at radius 1 is 1.12 bits per heavy atom. The van der Waals surface area contributed by atoms with E-state index < -0.39 is 76.4 Å². The van der Waals surface area contributed by atoms with Crippen molar-refractivity contribution in [1.82, 2.24) is 24.0 Å². The number of nitrogens with zero attached hydrogens (tertiary/aromatic N) is 6. The van der Waals surface area contributed by atoms with Gasteiger partial charge in [0.25, 0.3) is 17.9 Å². The van der Waals surface area contributed by atoms with E-state index in [0.29, 0.717) is 25.2 Å². The maximum absolute atomic E-state index is 15.3. The highest BCUT2D eigenvalue weighted by molar-refractivity contribution is 6.33. The standard InChI is InChI=1S/C30H28ClF5N8O4/c1-13-9-41(11-18(32)33)5-6-43(13)20-8-17(23(31)27(36)39-20)38-21(45)12-42-10-16(14-7-15(28(37)47)26(46)25(35)24(14)34)22-29(42)40-19-3-2-4-44(19)30(22)48/h7-8,10,13,18,46H,2-6,9,11-12H2,1H3,(H2,37,47)(H,38,39,45). The molecule has 0 radical (unpaired) electrons. The number of nitrogens with two attached hydrogens (primary N) is 1. The Bertz CT molecular complexity index is 2040. The number of carbonyl (C=O) groups excluding carboxylic acids is 2. The first-order valence-electron chi connectivity index (χ1n) is 14.8. The number of anilines is 2. The summed E-state index contributed by atoms with van der Waals surface area (Å²) in [6.07, 6.45) is -0.300. The molecule has 2 aliphatic rings. The number of primary amides is 1. The normalized spacial score (nSPS) is 16.6. The molecule has 0 saturated carbocycles. The molecule has 1 unspecified atom stereocenters. The van der Waals surface area contributed by atoms with Crippen molar-refractivity contribution in [2.45, 2.75) is 45.3 Å². The van der Waals surface area contributed by atoms with Crippen LogP contribution in [-0.4, -0.2) is 79.6 Å². The van der Waals surface area contributed by atoms with Crippen LogP contribution in [0.25, 0.3) is 22.2 Å². The average Bonchev–Trinajstić information content (AvgIpc) is 3.63. The number of hydrogen-bond donors (Lipinski definition) is 3. The highest BCUT2D eigenvalue weighted by Gasteiger charge is 2.30. The molecule has 1 fully saturated rings. The number of pyridine rings is 1. The van der Waals surface area contributed by atoms with Gasteiger partial charge in [-0.1, -0.05) is 11.6 Å². The Kier molecular flexibility index (Phi) is 8.76. The summed E-state index contributed by atoms with van der Waals surface area (Å²) in [4.78, 5) is 50.6. The van der Waals surface area contributed by atoms with Crippen LogP contribution in [0.5, 0.6) is 5.75 Å². The van der Waals surface area contributed by atoms with Gasteiger partial charge in [0, 0.05) is 62.0 Å². The lowest BCUT2D eigenvalue weighted by atomic mass is 10.0. The summed E-state index contributed by atoms with van der Waals surface area (Å²) in [6.45, 7) is 1.91. The van der Waals surface area contributed by atoms with E-state index in [1.807, 2.05) is 0 Å². The van der Waals surface area contributed by atoms with Gasteiger partial charge in [0.2, 0.25) is 17.7 Å². The van der Waals surface area contributed by atoms with Gasteiger partial charge in [-0.15, -0.1) is 0 Å². The number of fused-ring (bicyclic) bond motifs is 2. The quantitative estimate of drug-likeness (QED) is 0.187. The van der Waals surface area contributed by atoms with Gasteiger partial charge in [-0.2, -0.15) is 8.78 Å². The van der Waals surface area contributed by atoms with E-state index in [0.717, 1.165) is 6.07 Å². The van der Waals surface area contributed by atoms with E-state index in [1.165, 1.54) is 21.4 Å². The first-order chi connectivity index (χ1) is 22.7.